The minimum atomic E-state index is -0.184. The second kappa shape index (κ2) is 7.27. The van der Waals surface area contributed by atoms with Gasteiger partial charge in [-0.25, -0.2) is 0 Å². The smallest absolute Gasteiger partial charge is 0.310 e. The van der Waals surface area contributed by atoms with Crippen molar-refractivity contribution in [3.05, 3.63) is 0 Å². The molecule has 98 valence electrons. The number of esters is 1. The van der Waals surface area contributed by atoms with Crippen LogP contribution in [0.1, 0.15) is 26.2 Å². The summed E-state index contributed by atoms with van der Waals surface area (Å²) in [5, 5.41) is 0. The number of amides is 1. The van der Waals surface area contributed by atoms with E-state index < -0.39 is 0 Å². The molecule has 1 aliphatic rings. The predicted molar refractivity (Wildman–Crippen MR) is 62.4 cm³/mol. The van der Waals surface area contributed by atoms with E-state index in [1.54, 1.807) is 18.9 Å². The van der Waals surface area contributed by atoms with Crippen molar-refractivity contribution in [2.24, 2.45) is 5.92 Å². The van der Waals surface area contributed by atoms with Crippen LogP contribution in [0.25, 0.3) is 0 Å². The van der Waals surface area contributed by atoms with Crippen LogP contribution in [0.4, 0.5) is 0 Å². The lowest BCUT2D eigenvalue weighted by Gasteiger charge is -2.31. The highest BCUT2D eigenvalue weighted by atomic mass is 16.5. The molecule has 1 amide bonds. The first-order valence-electron chi connectivity index (χ1n) is 6.12. The fourth-order valence-electron chi connectivity index (χ4n) is 2.00. The zero-order valence-electron chi connectivity index (χ0n) is 10.6. The number of likely N-dealkylation sites (tertiary alicyclic amines) is 1. The Morgan fingerprint density at radius 1 is 1.41 bits per heavy atom. The molecule has 0 radical (unpaired) electrons. The number of methoxy groups -OCH3 is 1. The molecule has 0 saturated carbocycles. The van der Waals surface area contributed by atoms with Crippen LogP contribution in [0.5, 0.6) is 0 Å². The first-order valence-corrected chi connectivity index (χ1v) is 6.12. The Balaban J connectivity index is 2.42. The molecule has 1 saturated heterocycles. The van der Waals surface area contributed by atoms with Crippen LogP contribution in [0.3, 0.4) is 0 Å². The molecule has 5 heteroatoms. The van der Waals surface area contributed by atoms with Gasteiger partial charge in [-0.1, -0.05) is 0 Å². The molecule has 1 aliphatic heterocycles. The molecule has 0 aromatic carbocycles. The molecular formula is C12H21NO4. The van der Waals surface area contributed by atoms with Crippen molar-refractivity contribution >= 4 is 11.9 Å². The van der Waals surface area contributed by atoms with Crippen molar-refractivity contribution in [2.75, 3.05) is 33.4 Å². The first kappa shape index (κ1) is 14.0. The van der Waals surface area contributed by atoms with Gasteiger partial charge in [0.15, 0.2) is 0 Å². The number of ether oxygens (including phenoxy) is 2. The zero-order valence-corrected chi connectivity index (χ0v) is 10.6. The van der Waals surface area contributed by atoms with Gasteiger partial charge in [-0.3, -0.25) is 9.59 Å². The molecule has 17 heavy (non-hydrogen) atoms. The summed E-state index contributed by atoms with van der Waals surface area (Å²) in [6.07, 6.45) is 2.06. The molecular weight excluding hydrogens is 222 g/mol. The number of rotatable bonds is 5. The molecule has 1 heterocycles. The van der Waals surface area contributed by atoms with E-state index in [2.05, 4.69) is 0 Å². The van der Waals surface area contributed by atoms with Gasteiger partial charge < -0.3 is 14.4 Å². The third-order valence-electron chi connectivity index (χ3n) is 2.91. The van der Waals surface area contributed by atoms with Gasteiger partial charge in [0.05, 0.1) is 25.6 Å². The number of hydrogen-bond acceptors (Lipinski definition) is 4. The molecule has 1 fully saturated rings. The van der Waals surface area contributed by atoms with Gasteiger partial charge in [0.1, 0.15) is 0 Å². The minimum Gasteiger partial charge on any atom is -0.466 e. The summed E-state index contributed by atoms with van der Waals surface area (Å²) < 4.78 is 9.87. The third-order valence-corrected chi connectivity index (χ3v) is 2.91. The summed E-state index contributed by atoms with van der Waals surface area (Å²) in [7, 11) is 1.57. The fraction of sp³-hybridized carbons (Fsp3) is 0.833. The van der Waals surface area contributed by atoms with Crippen molar-refractivity contribution in [3.8, 4) is 0 Å². The number of nitrogens with zero attached hydrogens (tertiary/aromatic N) is 1. The summed E-state index contributed by atoms with van der Waals surface area (Å²) in [6.45, 7) is 3.84. The van der Waals surface area contributed by atoms with Crippen LogP contribution in [0, 0.1) is 5.92 Å². The quantitative estimate of drug-likeness (QED) is 0.671. The third kappa shape index (κ3) is 4.34. The van der Waals surface area contributed by atoms with Gasteiger partial charge >= 0.3 is 5.97 Å². The second-order valence-corrected chi connectivity index (χ2v) is 4.17. The van der Waals surface area contributed by atoms with Crippen LogP contribution in [0.2, 0.25) is 0 Å². The predicted octanol–water partition coefficient (Wildman–Crippen LogP) is 0.825. The maximum absolute atomic E-state index is 11.8. The fourth-order valence-corrected chi connectivity index (χ4v) is 2.00. The molecule has 0 aliphatic carbocycles. The molecule has 0 bridgehead atoms. The Morgan fingerprint density at radius 2 is 2.18 bits per heavy atom. The van der Waals surface area contributed by atoms with Crippen molar-refractivity contribution < 1.29 is 19.1 Å². The SMILES string of the molecule is CCOC(=O)C1CCCN(C(=O)CCOC)C1. The van der Waals surface area contributed by atoms with Gasteiger partial charge in [0, 0.05) is 20.2 Å². The molecule has 5 nitrogen and oxygen atoms in total. The van der Waals surface area contributed by atoms with Crippen molar-refractivity contribution in [3.63, 3.8) is 0 Å². The number of piperidine rings is 1. The first-order chi connectivity index (χ1) is 8.19. The van der Waals surface area contributed by atoms with E-state index in [4.69, 9.17) is 9.47 Å². The van der Waals surface area contributed by atoms with Gasteiger partial charge in [-0.2, -0.15) is 0 Å². The summed E-state index contributed by atoms with van der Waals surface area (Å²) in [5.41, 5.74) is 0. The van der Waals surface area contributed by atoms with Crippen LogP contribution >= 0.6 is 0 Å². The Kier molecular flexibility index (Phi) is 5.97. The second-order valence-electron chi connectivity index (χ2n) is 4.17. The summed E-state index contributed by atoms with van der Waals surface area (Å²) >= 11 is 0. The summed E-state index contributed by atoms with van der Waals surface area (Å²) in [4.78, 5) is 25.1. The molecule has 0 aromatic rings. The van der Waals surface area contributed by atoms with E-state index in [0.717, 1.165) is 19.4 Å². The molecule has 1 rings (SSSR count). The van der Waals surface area contributed by atoms with Gasteiger partial charge in [-0.05, 0) is 19.8 Å². The van der Waals surface area contributed by atoms with Gasteiger partial charge in [0.25, 0.3) is 0 Å². The van der Waals surface area contributed by atoms with Crippen molar-refractivity contribution in [2.45, 2.75) is 26.2 Å². The lowest BCUT2D eigenvalue weighted by atomic mass is 9.98. The van der Waals surface area contributed by atoms with Crippen LogP contribution in [0.15, 0.2) is 0 Å². The number of carbonyl (C=O) groups excluding carboxylic acids is 2. The highest BCUT2D eigenvalue weighted by Gasteiger charge is 2.28. The minimum absolute atomic E-state index is 0.0563. The summed E-state index contributed by atoms with van der Waals surface area (Å²) in [5.74, 6) is -0.284. The molecule has 0 aromatic heterocycles. The molecule has 0 spiro atoms. The van der Waals surface area contributed by atoms with E-state index in [1.807, 2.05) is 0 Å². The lowest BCUT2D eigenvalue weighted by molar-refractivity contribution is -0.151. The van der Waals surface area contributed by atoms with Crippen molar-refractivity contribution in [1.82, 2.24) is 4.90 Å². The highest BCUT2D eigenvalue weighted by molar-refractivity contribution is 5.78. The van der Waals surface area contributed by atoms with Gasteiger partial charge in [0.2, 0.25) is 5.91 Å². The number of hydrogen-bond donors (Lipinski definition) is 0. The average Bonchev–Trinajstić information content (AvgIpc) is 2.36. The highest BCUT2D eigenvalue weighted by Crippen LogP contribution is 2.18. The van der Waals surface area contributed by atoms with E-state index in [-0.39, 0.29) is 17.8 Å². The Bertz CT molecular complexity index is 267. The van der Waals surface area contributed by atoms with Crippen molar-refractivity contribution in [1.29, 1.82) is 0 Å². The van der Waals surface area contributed by atoms with Gasteiger partial charge in [-0.15, -0.1) is 0 Å². The monoisotopic (exact) mass is 243 g/mol. The maximum atomic E-state index is 11.8. The molecule has 1 unspecified atom stereocenters. The van der Waals surface area contributed by atoms with Crippen LogP contribution in [-0.4, -0.2) is 50.2 Å². The van der Waals surface area contributed by atoms with E-state index in [9.17, 15) is 9.59 Å². The Labute approximate surface area is 102 Å². The summed E-state index contributed by atoms with van der Waals surface area (Å²) in [6, 6.07) is 0. The van der Waals surface area contributed by atoms with Crippen LogP contribution < -0.4 is 0 Å². The molecule has 1 atom stereocenters. The van der Waals surface area contributed by atoms with E-state index >= 15 is 0 Å². The Morgan fingerprint density at radius 3 is 2.82 bits per heavy atom. The van der Waals surface area contributed by atoms with Crippen LogP contribution in [-0.2, 0) is 19.1 Å². The molecule has 0 N–H and O–H groups in total. The van der Waals surface area contributed by atoms with E-state index in [1.165, 1.54) is 0 Å². The van der Waals surface area contributed by atoms with E-state index in [0.29, 0.717) is 26.2 Å². The maximum Gasteiger partial charge on any atom is 0.310 e. The average molecular weight is 243 g/mol. The topological polar surface area (TPSA) is 55.8 Å². The standard InChI is InChI=1S/C12H21NO4/c1-3-17-12(15)10-5-4-7-13(9-10)11(14)6-8-16-2/h10H,3-9H2,1-2H3. The number of carbonyl (C=O) groups is 2. The zero-order chi connectivity index (χ0) is 12.7. The largest absolute Gasteiger partial charge is 0.466 e. The normalized spacial score (nSPS) is 20.1. The Hall–Kier alpha value is -1.10. The lowest BCUT2D eigenvalue weighted by Crippen LogP contribution is -2.43.